The summed E-state index contributed by atoms with van der Waals surface area (Å²) in [6, 6.07) is -0.994. The van der Waals surface area contributed by atoms with Crippen molar-refractivity contribution in [1.29, 1.82) is 0 Å². The van der Waals surface area contributed by atoms with E-state index in [1.165, 1.54) is 6.08 Å². The second-order valence-corrected chi connectivity index (χ2v) is 4.17. The van der Waals surface area contributed by atoms with Gasteiger partial charge in [-0.05, 0) is 5.92 Å². The third kappa shape index (κ3) is 7.06. The maximum Gasteiger partial charge on any atom is 0.328 e. The lowest BCUT2D eigenvalue weighted by molar-refractivity contribution is -0.143. The van der Waals surface area contributed by atoms with E-state index in [0.29, 0.717) is 12.3 Å². The first kappa shape index (κ1) is 16.6. The standard InChI is InChI=1S/C13H23NO4/c1-4-7-18-9-11(13(16)17)14-12(15)8-10(5-2)6-3/h4,10-11H,1,5-9H2,2-3H3,(H,14,15)(H,16,17). The van der Waals surface area contributed by atoms with Gasteiger partial charge in [0.05, 0.1) is 13.2 Å². The average Bonchev–Trinajstić information content (AvgIpc) is 2.34. The SMILES string of the molecule is C=CCOCC(NC(=O)CC(CC)CC)C(=O)O. The summed E-state index contributed by atoms with van der Waals surface area (Å²) in [4.78, 5) is 22.6. The smallest absolute Gasteiger partial charge is 0.328 e. The maximum atomic E-state index is 11.7. The Balaban J connectivity index is 4.18. The van der Waals surface area contributed by atoms with Crippen molar-refractivity contribution in [1.82, 2.24) is 5.32 Å². The van der Waals surface area contributed by atoms with Crippen molar-refractivity contribution in [2.45, 2.75) is 39.2 Å². The monoisotopic (exact) mass is 257 g/mol. The van der Waals surface area contributed by atoms with E-state index in [1.54, 1.807) is 0 Å². The number of carboxylic acid groups (broad SMARTS) is 1. The number of rotatable bonds is 10. The van der Waals surface area contributed by atoms with E-state index < -0.39 is 12.0 Å². The molecule has 0 radical (unpaired) electrons. The van der Waals surface area contributed by atoms with E-state index >= 15 is 0 Å². The van der Waals surface area contributed by atoms with Gasteiger partial charge in [0, 0.05) is 6.42 Å². The van der Waals surface area contributed by atoms with Gasteiger partial charge < -0.3 is 15.2 Å². The summed E-state index contributed by atoms with van der Waals surface area (Å²) in [5.41, 5.74) is 0. The van der Waals surface area contributed by atoms with Gasteiger partial charge in [-0.15, -0.1) is 6.58 Å². The van der Waals surface area contributed by atoms with Gasteiger partial charge in [-0.3, -0.25) is 4.79 Å². The van der Waals surface area contributed by atoms with E-state index in [9.17, 15) is 9.59 Å². The van der Waals surface area contributed by atoms with Crippen LogP contribution in [0.5, 0.6) is 0 Å². The second-order valence-electron chi connectivity index (χ2n) is 4.17. The molecule has 5 heteroatoms. The molecule has 0 bridgehead atoms. The fraction of sp³-hybridized carbons (Fsp3) is 0.692. The highest BCUT2D eigenvalue weighted by atomic mass is 16.5. The van der Waals surface area contributed by atoms with Gasteiger partial charge in [0.15, 0.2) is 6.04 Å². The second kappa shape index (κ2) is 9.65. The minimum absolute atomic E-state index is 0.0456. The maximum absolute atomic E-state index is 11.7. The van der Waals surface area contributed by atoms with Crippen LogP contribution < -0.4 is 5.32 Å². The fourth-order valence-corrected chi connectivity index (χ4v) is 1.54. The van der Waals surface area contributed by atoms with Crippen LogP contribution in [0.4, 0.5) is 0 Å². The Morgan fingerprint density at radius 1 is 1.39 bits per heavy atom. The van der Waals surface area contributed by atoms with Crippen LogP contribution in [0.3, 0.4) is 0 Å². The third-order valence-corrected chi connectivity index (χ3v) is 2.78. The largest absolute Gasteiger partial charge is 0.480 e. The Morgan fingerprint density at radius 2 is 2.00 bits per heavy atom. The minimum Gasteiger partial charge on any atom is -0.480 e. The van der Waals surface area contributed by atoms with E-state index in [-0.39, 0.29) is 19.1 Å². The van der Waals surface area contributed by atoms with Gasteiger partial charge in [-0.25, -0.2) is 4.79 Å². The van der Waals surface area contributed by atoms with Crippen LogP contribution in [-0.4, -0.2) is 36.2 Å². The summed E-state index contributed by atoms with van der Waals surface area (Å²) in [5.74, 6) is -1.02. The van der Waals surface area contributed by atoms with E-state index in [2.05, 4.69) is 11.9 Å². The first-order valence-corrected chi connectivity index (χ1v) is 6.25. The molecule has 0 saturated heterocycles. The molecule has 0 saturated carbocycles. The molecule has 0 aliphatic carbocycles. The van der Waals surface area contributed by atoms with Crippen molar-refractivity contribution >= 4 is 11.9 Å². The molecule has 18 heavy (non-hydrogen) atoms. The predicted octanol–water partition coefficient (Wildman–Crippen LogP) is 1.58. The van der Waals surface area contributed by atoms with Crippen molar-refractivity contribution < 1.29 is 19.4 Å². The van der Waals surface area contributed by atoms with Gasteiger partial charge in [0.1, 0.15) is 0 Å². The Morgan fingerprint density at radius 3 is 2.44 bits per heavy atom. The first-order chi connectivity index (χ1) is 8.54. The molecule has 0 fully saturated rings. The first-order valence-electron chi connectivity index (χ1n) is 6.25. The zero-order valence-electron chi connectivity index (χ0n) is 11.1. The zero-order valence-corrected chi connectivity index (χ0v) is 11.1. The average molecular weight is 257 g/mol. The Kier molecular flexibility index (Phi) is 8.92. The summed E-state index contributed by atoms with van der Waals surface area (Å²) in [6.45, 7) is 7.72. The van der Waals surface area contributed by atoms with Crippen LogP contribution in [0, 0.1) is 5.92 Å². The number of aliphatic carboxylic acids is 1. The summed E-state index contributed by atoms with van der Waals surface area (Å²) in [7, 11) is 0. The molecule has 0 aliphatic rings. The van der Waals surface area contributed by atoms with Crippen LogP contribution in [0.1, 0.15) is 33.1 Å². The van der Waals surface area contributed by atoms with Crippen LogP contribution in [-0.2, 0) is 14.3 Å². The summed E-state index contributed by atoms with van der Waals surface area (Å²) in [5, 5.41) is 11.4. The zero-order chi connectivity index (χ0) is 14.0. The van der Waals surface area contributed by atoms with E-state index in [1.807, 2.05) is 13.8 Å². The number of ether oxygens (including phenoxy) is 1. The highest BCUT2D eigenvalue weighted by Gasteiger charge is 2.21. The molecule has 0 rings (SSSR count). The van der Waals surface area contributed by atoms with Crippen molar-refractivity contribution in [3.05, 3.63) is 12.7 Å². The molecular formula is C13H23NO4. The number of hydrogen-bond donors (Lipinski definition) is 2. The highest BCUT2D eigenvalue weighted by molar-refractivity contribution is 5.83. The van der Waals surface area contributed by atoms with Crippen molar-refractivity contribution in [2.24, 2.45) is 5.92 Å². The summed E-state index contributed by atoms with van der Waals surface area (Å²) < 4.78 is 5.05. The van der Waals surface area contributed by atoms with Gasteiger partial charge in [-0.1, -0.05) is 32.8 Å². The predicted molar refractivity (Wildman–Crippen MR) is 69.3 cm³/mol. The molecule has 1 unspecified atom stereocenters. The molecule has 0 aromatic rings. The molecule has 1 amide bonds. The van der Waals surface area contributed by atoms with E-state index in [4.69, 9.17) is 9.84 Å². The molecule has 0 aromatic heterocycles. The molecule has 1 atom stereocenters. The molecule has 0 aliphatic heterocycles. The van der Waals surface area contributed by atoms with Crippen molar-refractivity contribution in [3.63, 3.8) is 0 Å². The van der Waals surface area contributed by atoms with Crippen LogP contribution in [0.2, 0.25) is 0 Å². The summed E-state index contributed by atoms with van der Waals surface area (Å²) >= 11 is 0. The Bertz CT molecular complexity index is 274. The number of amides is 1. The van der Waals surface area contributed by atoms with Gasteiger partial charge >= 0.3 is 5.97 Å². The quantitative estimate of drug-likeness (QED) is 0.460. The van der Waals surface area contributed by atoms with Crippen LogP contribution in [0.15, 0.2) is 12.7 Å². The molecule has 0 heterocycles. The number of nitrogens with one attached hydrogen (secondary N) is 1. The van der Waals surface area contributed by atoms with Gasteiger partial charge in [0.25, 0.3) is 0 Å². The molecule has 0 aromatic carbocycles. The number of carbonyl (C=O) groups excluding carboxylic acids is 1. The molecule has 5 nitrogen and oxygen atoms in total. The van der Waals surface area contributed by atoms with Crippen molar-refractivity contribution in [2.75, 3.05) is 13.2 Å². The minimum atomic E-state index is -1.09. The third-order valence-electron chi connectivity index (χ3n) is 2.78. The fourth-order valence-electron chi connectivity index (χ4n) is 1.54. The van der Waals surface area contributed by atoms with Crippen molar-refractivity contribution in [3.8, 4) is 0 Å². The molecule has 104 valence electrons. The molecular weight excluding hydrogens is 234 g/mol. The normalized spacial score (nSPS) is 12.2. The topological polar surface area (TPSA) is 75.6 Å². The molecule has 0 spiro atoms. The number of carbonyl (C=O) groups is 2. The van der Waals surface area contributed by atoms with Crippen LogP contribution >= 0.6 is 0 Å². The lowest BCUT2D eigenvalue weighted by Gasteiger charge is -2.17. The van der Waals surface area contributed by atoms with Crippen LogP contribution in [0.25, 0.3) is 0 Å². The lowest BCUT2D eigenvalue weighted by Crippen LogP contribution is -2.44. The van der Waals surface area contributed by atoms with Gasteiger partial charge in [0.2, 0.25) is 5.91 Å². The number of carboxylic acids is 1. The lowest BCUT2D eigenvalue weighted by atomic mass is 9.99. The highest BCUT2D eigenvalue weighted by Crippen LogP contribution is 2.12. The number of hydrogen-bond acceptors (Lipinski definition) is 3. The van der Waals surface area contributed by atoms with Gasteiger partial charge in [-0.2, -0.15) is 0 Å². The Hall–Kier alpha value is -1.36. The molecule has 2 N–H and O–H groups in total. The Labute approximate surface area is 108 Å². The van der Waals surface area contributed by atoms with E-state index in [0.717, 1.165) is 12.8 Å². The summed E-state index contributed by atoms with van der Waals surface area (Å²) in [6.07, 6.45) is 3.71.